The number of benzene rings is 3. The first kappa shape index (κ1) is 38.3. The lowest BCUT2D eigenvalue weighted by atomic mass is 10.1. The van der Waals surface area contributed by atoms with Gasteiger partial charge in [0.25, 0.3) is 10.1 Å². The van der Waals surface area contributed by atoms with Crippen LogP contribution in [0.1, 0.15) is 0 Å². The number of halogens is 1. The Bertz CT molecular complexity index is 2360. The molecular weight excluding hydrogens is 776 g/mol. The van der Waals surface area contributed by atoms with E-state index >= 15 is 0 Å². The van der Waals surface area contributed by atoms with Crippen molar-refractivity contribution < 1.29 is 63.0 Å². The van der Waals surface area contributed by atoms with Crippen LogP contribution < -0.4 is 15.4 Å². The number of nitrogens with one attached hydrogen (secondary N) is 2. The fraction of sp³-hybridized carbons (Fsp3) is 0.130. The van der Waals surface area contributed by atoms with E-state index in [1.807, 2.05) is 0 Å². The van der Waals surface area contributed by atoms with E-state index in [1.165, 1.54) is 19.2 Å². The first-order chi connectivity index (χ1) is 23.5. The molecule has 50 heavy (non-hydrogen) atoms. The number of fused-ring (bicyclic) bond motifs is 1. The molecule has 266 valence electrons. The minimum atomic E-state index is -5.14. The minimum Gasteiger partial charge on any atom is -0.505 e. The maximum absolute atomic E-state index is 12.8. The highest BCUT2D eigenvalue weighted by molar-refractivity contribution is 7.94. The topological polar surface area (TPSA) is 331 Å². The summed E-state index contributed by atoms with van der Waals surface area (Å²) < 4.78 is 105. The zero-order chi connectivity index (χ0) is 36.9. The normalized spacial score (nSPS) is 12.2. The van der Waals surface area contributed by atoms with Crippen LogP contribution in [0.3, 0.4) is 0 Å². The molecule has 0 fully saturated rings. The van der Waals surface area contributed by atoms with E-state index in [0.29, 0.717) is 0 Å². The highest BCUT2D eigenvalue weighted by Crippen LogP contribution is 2.47. The smallest absolute Gasteiger partial charge is 0.397 e. The first-order valence-corrected chi connectivity index (χ1v) is 18.3. The number of hydrogen-bond acceptors (Lipinski definition) is 21. The molecule has 0 spiro atoms. The molecule has 0 amide bonds. The second-order valence-electron chi connectivity index (χ2n) is 9.03. The summed E-state index contributed by atoms with van der Waals surface area (Å²) in [5.74, 6) is -2.33. The van der Waals surface area contributed by atoms with Gasteiger partial charge in [-0.25, -0.2) is 17.9 Å². The van der Waals surface area contributed by atoms with Gasteiger partial charge in [0.1, 0.15) is 22.0 Å². The van der Waals surface area contributed by atoms with Gasteiger partial charge in [-0.15, -0.1) is 14.6 Å². The van der Waals surface area contributed by atoms with E-state index in [9.17, 15) is 34.9 Å². The van der Waals surface area contributed by atoms with Gasteiger partial charge in [0, 0.05) is 10.8 Å². The van der Waals surface area contributed by atoms with Crippen LogP contribution in [-0.4, -0.2) is 79.1 Å². The Hall–Kier alpha value is -4.53. The summed E-state index contributed by atoms with van der Waals surface area (Å²) in [4.78, 5) is 9.80. The Balaban J connectivity index is 1.85. The lowest BCUT2D eigenvalue weighted by Crippen LogP contribution is -2.15. The number of phenols is 1. The molecule has 22 nitrogen and oxygen atoms in total. The van der Waals surface area contributed by atoms with Crippen molar-refractivity contribution in [2.24, 2.45) is 10.2 Å². The van der Waals surface area contributed by atoms with Gasteiger partial charge in [-0.3, -0.25) is 14.4 Å². The highest BCUT2D eigenvalue weighted by Gasteiger charge is 2.26. The van der Waals surface area contributed by atoms with Crippen LogP contribution in [0, 0.1) is 11.5 Å². The zero-order valence-corrected chi connectivity index (χ0v) is 28.5. The third kappa shape index (κ3) is 9.37. The largest absolute Gasteiger partial charge is 0.505 e. The van der Waals surface area contributed by atoms with Crippen molar-refractivity contribution >= 4 is 93.7 Å². The van der Waals surface area contributed by atoms with Crippen molar-refractivity contribution in [2.75, 3.05) is 30.1 Å². The quantitative estimate of drug-likeness (QED) is 0.0190. The molecule has 0 atom stereocenters. The maximum Gasteiger partial charge on any atom is 0.397 e. The number of hydrogen-bond donors (Lipinski definition) is 6. The molecule has 0 aliphatic carbocycles. The van der Waals surface area contributed by atoms with Gasteiger partial charge in [-0.2, -0.15) is 37.0 Å². The molecule has 3 aromatic carbocycles. The lowest BCUT2D eigenvalue weighted by Gasteiger charge is -2.15. The predicted molar refractivity (Wildman–Crippen MR) is 170 cm³/mol. The number of anilines is 3. The molecular formula is C23H19ClN8O14S4. The number of nitriles is 1. The Morgan fingerprint density at radius 2 is 1.72 bits per heavy atom. The van der Waals surface area contributed by atoms with Crippen LogP contribution in [-0.2, 0) is 43.9 Å². The summed E-state index contributed by atoms with van der Waals surface area (Å²) in [7, 11) is -13.0. The van der Waals surface area contributed by atoms with Crippen LogP contribution in [0.4, 0.5) is 29.0 Å². The van der Waals surface area contributed by atoms with E-state index in [-0.39, 0.29) is 56.7 Å². The monoisotopic (exact) mass is 794 g/mol. The summed E-state index contributed by atoms with van der Waals surface area (Å²) in [5, 5.41) is 44.1. The van der Waals surface area contributed by atoms with Crippen molar-refractivity contribution in [3.63, 3.8) is 0 Å². The number of aromatic nitrogens is 3. The van der Waals surface area contributed by atoms with Gasteiger partial charge in [0.15, 0.2) is 21.8 Å². The molecule has 4 rings (SSSR count). The fourth-order valence-electron chi connectivity index (χ4n) is 4.03. The van der Waals surface area contributed by atoms with Crippen molar-refractivity contribution in [3.8, 4) is 17.7 Å². The van der Waals surface area contributed by atoms with E-state index in [2.05, 4.69) is 49.4 Å². The van der Waals surface area contributed by atoms with E-state index < -0.39 is 69.2 Å². The SMILES string of the molecule is COc1ccc(S(=O)(=O)CCOS(=O)(=O)O)cc1N=Nc1c(SOOO)cc2c(S(=O)(=O)O)c(Nc3nc(Cl)nc(NC#N)n3)ccc2c1O. The van der Waals surface area contributed by atoms with Gasteiger partial charge < -0.3 is 15.2 Å². The van der Waals surface area contributed by atoms with E-state index in [1.54, 1.807) is 6.19 Å². The summed E-state index contributed by atoms with van der Waals surface area (Å²) in [6.45, 7) is -0.909. The van der Waals surface area contributed by atoms with Crippen LogP contribution in [0.5, 0.6) is 11.5 Å². The van der Waals surface area contributed by atoms with E-state index in [4.69, 9.17) is 31.4 Å². The molecule has 0 saturated carbocycles. The molecule has 0 aliphatic heterocycles. The Labute approximate surface area is 290 Å². The van der Waals surface area contributed by atoms with Crippen molar-refractivity contribution in [3.05, 3.63) is 41.7 Å². The molecule has 6 N–H and O–H groups in total. The summed E-state index contributed by atoms with van der Waals surface area (Å²) in [6, 6.07) is 6.62. The van der Waals surface area contributed by atoms with E-state index in [0.717, 1.165) is 24.3 Å². The molecule has 0 radical (unpaired) electrons. The maximum atomic E-state index is 12.8. The summed E-state index contributed by atoms with van der Waals surface area (Å²) in [6.07, 6.45) is 1.57. The average Bonchev–Trinajstić information content (AvgIpc) is 3.01. The number of sulfone groups is 1. The van der Waals surface area contributed by atoms with Gasteiger partial charge in [0.05, 0.1) is 47.0 Å². The average molecular weight is 795 g/mol. The number of nitrogens with zero attached hydrogens (tertiary/aromatic N) is 6. The fourth-order valence-corrected chi connectivity index (χ4v) is 7.02. The number of ether oxygens (including phenoxy) is 1. The Kier molecular flexibility index (Phi) is 11.9. The predicted octanol–water partition coefficient (Wildman–Crippen LogP) is 3.71. The molecule has 1 heterocycles. The number of rotatable bonds is 15. The third-order valence-corrected chi connectivity index (χ3v) is 9.86. The van der Waals surface area contributed by atoms with Crippen molar-refractivity contribution in [1.29, 1.82) is 5.26 Å². The second-order valence-corrected chi connectivity index (χ2v) is 14.7. The summed E-state index contributed by atoms with van der Waals surface area (Å²) >= 11 is 6.05. The van der Waals surface area contributed by atoms with Gasteiger partial charge in [0.2, 0.25) is 17.2 Å². The standard InChI is InChI=1S/C23H19ClN8O14S4/c1-43-16-5-2-11(48(35,36)7-6-44-50(40,41)42)8-15(16)31-32-18-17(47-46-45-34)9-13-12(19(18)33)3-4-14(20(13)49(37,38)39)27-23-29-21(24)28-22(30-23)26-10-25/h2-5,8-9,33-34H,6-7H2,1H3,(H,37,38,39)(H,40,41,42)(H2,26,27,28,29,30). The van der Waals surface area contributed by atoms with Crippen molar-refractivity contribution in [2.45, 2.75) is 14.7 Å². The first-order valence-electron chi connectivity index (χ1n) is 12.7. The Morgan fingerprint density at radius 3 is 2.36 bits per heavy atom. The molecule has 1 aromatic heterocycles. The van der Waals surface area contributed by atoms with Crippen LogP contribution >= 0.6 is 23.6 Å². The van der Waals surface area contributed by atoms with Gasteiger partial charge in [-0.05, 0) is 48.0 Å². The second kappa shape index (κ2) is 15.6. The highest BCUT2D eigenvalue weighted by atomic mass is 35.5. The number of aromatic hydroxyl groups is 1. The molecule has 0 saturated heterocycles. The van der Waals surface area contributed by atoms with Gasteiger partial charge in [-0.1, -0.05) is 5.04 Å². The molecule has 0 unspecified atom stereocenters. The Morgan fingerprint density at radius 1 is 1.00 bits per heavy atom. The zero-order valence-electron chi connectivity index (χ0n) is 24.4. The molecule has 0 aliphatic rings. The number of phenolic OH excluding ortho intramolecular Hbond substituents is 1. The van der Waals surface area contributed by atoms with Gasteiger partial charge >= 0.3 is 10.4 Å². The third-order valence-electron chi connectivity index (χ3n) is 5.97. The molecule has 27 heteroatoms. The molecule has 0 bridgehead atoms. The lowest BCUT2D eigenvalue weighted by molar-refractivity contribution is -0.432. The van der Waals surface area contributed by atoms with Crippen LogP contribution in [0.2, 0.25) is 5.28 Å². The number of azo groups is 1. The number of methoxy groups -OCH3 is 1. The van der Waals surface area contributed by atoms with Crippen LogP contribution in [0.15, 0.2) is 61.3 Å². The van der Waals surface area contributed by atoms with Crippen LogP contribution in [0.25, 0.3) is 10.8 Å². The summed E-state index contributed by atoms with van der Waals surface area (Å²) in [5.41, 5.74) is -1.03. The minimum absolute atomic E-state index is 0.0257. The molecule has 4 aromatic rings. The van der Waals surface area contributed by atoms with Crippen molar-refractivity contribution in [1.82, 2.24) is 15.0 Å².